The Morgan fingerprint density at radius 2 is 1.95 bits per heavy atom. The monoisotopic (exact) mass is 344 g/mol. The highest BCUT2D eigenvalue weighted by atomic mass is 79.9. The van der Waals surface area contributed by atoms with E-state index in [0.29, 0.717) is 26.4 Å². The lowest BCUT2D eigenvalue weighted by atomic mass is 10.2. The molecule has 2 rings (SSSR count). The van der Waals surface area contributed by atoms with Crippen LogP contribution in [0.4, 0.5) is 4.39 Å². The number of aliphatic hydroxyl groups is 1. The Morgan fingerprint density at radius 1 is 1.21 bits per heavy atom. The molecule has 0 aliphatic carbocycles. The lowest BCUT2D eigenvalue weighted by Gasteiger charge is -2.12. The molecule has 0 atom stereocenters. The van der Waals surface area contributed by atoms with Crippen molar-refractivity contribution in [2.24, 2.45) is 0 Å². The molecule has 19 heavy (non-hydrogen) atoms. The number of aliphatic hydroxyl groups excluding tert-OH is 1. The van der Waals surface area contributed by atoms with Crippen molar-refractivity contribution in [1.29, 1.82) is 0 Å². The van der Waals surface area contributed by atoms with Crippen LogP contribution in [0.2, 0.25) is 5.02 Å². The van der Waals surface area contributed by atoms with E-state index in [4.69, 9.17) is 16.3 Å². The van der Waals surface area contributed by atoms with E-state index in [1.165, 1.54) is 6.07 Å². The van der Waals surface area contributed by atoms with Crippen LogP contribution in [0.3, 0.4) is 0 Å². The molecule has 0 aromatic heterocycles. The maximum atomic E-state index is 13.4. The third-order valence-electron chi connectivity index (χ3n) is 2.65. The summed E-state index contributed by atoms with van der Waals surface area (Å²) < 4.78 is 19.3. The van der Waals surface area contributed by atoms with Crippen LogP contribution in [0.5, 0.6) is 5.75 Å². The van der Waals surface area contributed by atoms with Gasteiger partial charge in [-0.25, -0.2) is 4.39 Å². The van der Waals surface area contributed by atoms with E-state index in [1.807, 2.05) is 0 Å². The van der Waals surface area contributed by atoms with Gasteiger partial charge in [-0.3, -0.25) is 0 Å². The van der Waals surface area contributed by atoms with Gasteiger partial charge in [-0.15, -0.1) is 0 Å². The molecule has 0 unspecified atom stereocenters. The summed E-state index contributed by atoms with van der Waals surface area (Å²) in [5, 5.41) is 9.70. The fourth-order valence-electron chi connectivity index (χ4n) is 1.64. The first kappa shape index (κ1) is 14.3. The van der Waals surface area contributed by atoms with Gasteiger partial charge in [0.05, 0.1) is 11.1 Å². The van der Waals surface area contributed by atoms with Crippen molar-refractivity contribution in [3.05, 3.63) is 62.8 Å². The molecular weight excluding hydrogens is 335 g/mol. The quantitative estimate of drug-likeness (QED) is 0.894. The second kappa shape index (κ2) is 6.37. The Bertz CT molecular complexity index is 590. The highest BCUT2D eigenvalue weighted by Gasteiger charge is 2.09. The van der Waals surface area contributed by atoms with E-state index in [9.17, 15) is 9.50 Å². The molecule has 0 saturated carbocycles. The van der Waals surface area contributed by atoms with Crippen LogP contribution in [0, 0.1) is 5.82 Å². The van der Waals surface area contributed by atoms with E-state index in [0.717, 1.165) is 0 Å². The standard InChI is InChI=1S/C14H11BrClFO2/c15-14-9(3-1-5-12(14)17)8-19-13-6-2-4-11(16)10(13)7-18/h1-6,18H,7-8H2. The second-order valence-corrected chi connectivity index (χ2v) is 5.08. The van der Waals surface area contributed by atoms with Crippen molar-refractivity contribution in [1.82, 2.24) is 0 Å². The fourth-order valence-corrected chi connectivity index (χ4v) is 2.25. The molecule has 0 spiro atoms. The minimum absolute atomic E-state index is 0.186. The third kappa shape index (κ3) is 3.26. The summed E-state index contributed by atoms with van der Waals surface area (Å²) >= 11 is 9.13. The van der Waals surface area contributed by atoms with Crippen LogP contribution in [0.15, 0.2) is 40.9 Å². The van der Waals surface area contributed by atoms with Crippen LogP contribution in [-0.4, -0.2) is 5.11 Å². The van der Waals surface area contributed by atoms with Gasteiger partial charge >= 0.3 is 0 Å². The number of ether oxygens (including phenoxy) is 1. The molecular formula is C14H11BrClFO2. The highest BCUT2D eigenvalue weighted by Crippen LogP contribution is 2.28. The Morgan fingerprint density at radius 3 is 2.68 bits per heavy atom. The molecule has 0 aliphatic rings. The third-order valence-corrected chi connectivity index (χ3v) is 3.89. The van der Waals surface area contributed by atoms with Crippen LogP contribution in [0.25, 0.3) is 0 Å². The van der Waals surface area contributed by atoms with E-state index in [-0.39, 0.29) is 19.0 Å². The molecule has 5 heteroatoms. The average molecular weight is 346 g/mol. The highest BCUT2D eigenvalue weighted by molar-refractivity contribution is 9.10. The molecule has 0 amide bonds. The van der Waals surface area contributed by atoms with E-state index < -0.39 is 0 Å². The fraction of sp³-hybridized carbons (Fsp3) is 0.143. The smallest absolute Gasteiger partial charge is 0.137 e. The molecule has 1 N–H and O–H groups in total. The zero-order valence-electron chi connectivity index (χ0n) is 9.87. The van der Waals surface area contributed by atoms with Crippen LogP contribution in [-0.2, 0) is 13.2 Å². The van der Waals surface area contributed by atoms with Crippen molar-refractivity contribution in [2.45, 2.75) is 13.2 Å². The lowest BCUT2D eigenvalue weighted by molar-refractivity contribution is 0.258. The maximum absolute atomic E-state index is 13.4. The van der Waals surface area contributed by atoms with Gasteiger partial charge in [0.2, 0.25) is 0 Å². The van der Waals surface area contributed by atoms with E-state index >= 15 is 0 Å². The summed E-state index contributed by atoms with van der Waals surface area (Å²) in [6, 6.07) is 9.87. The minimum Gasteiger partial charge on any atom is -0.488 e. The van der Waals surface area contributed by atoms with Gasteiger partial charge in [-0.1, -0.05) is 29.8 Å². The van der Waals surface area contributed by atoms with Gasteiger partial charge in [0.15, 0.2) is 0 Å². The van der Waals surface area contributed by atoms with E-state index in [1.54, 1.807) is 30.3 Å². The van der Waals surface area contributed by atoms with Gasteiger partial charge in [-0.2, -0.15) is 0 Å². The SMILES string of the molecule is OCc1c(Cl)cccc1OCc1cccc(F)c1Br. The molecule has 0 bridgehead atoms. The van der Waals surface area contributed by atoms with Crippen LogP contribution < -0.4 is 4.74 Å². The molecule has 0 heterocycles. The second-order valence-electron chi connectivity index (χ2n) is 3.88. The van der Waals surface area contributed by atoms with Crippen molar-refractivity contribution < 1.29 is 14.2 Å². The average Bonchev–Trinajstić information content (AvgIpc) is 2.40. The summed E-state index contributed by atoms with van der Waals surface area (Å²) in [6.45, 7) is -0.0228. The molecule has 0 aliphatic heterocycles. The predicted octanol–water partition coefficient (Wildman–Crippen LogP) is 4.31. The van der Waals surface area contributed by atoms with Crippen LogP contribution in [0.1, 0.15) is 11.1 Å². The van der Waals surface area contributed by atoms with Gasteiger partial charge in [0, 0.05) is 16.1 Å². The maximum Gasteiger partial charge on any atom is 0.137 e. The molecule has 100 valence electrons. The molecule has 0 radical (unpaired) electrons. The van der Waals surface area contributed by atoms with Crippen LogP contribution >= 0.6 is 27.5 Å². The van der Waals surface area contributed by atoms with Gasteiger partial charge in [0.1, 0.15) is 18.2 Å². The summed E-state index contributed by atoms with van der Waals surface area (Å²) in [5.41, 5.74) is 1.21. The molecule has 0 saturated heterocycles. The summed E-state index contributed by atoms with van der Waals surface area (Å²) in [4.78, 5) is 0. The number of hydrogen-bond donors (Lipinski definition) is 1. The number of halogens is 3. The number of rotatable bonds is 4. The zero-order valence-corrected chi connectivity index (χ0v) is 12.2. The Hall–Kier alpha value is -1.10. The van der Waals surface area contributed by atoms with Crippen molar-refractivity contribution in [3.8, 4) is 5.75 Å². The van der Waals surface area contributed by atoms with Crippen molar-refractivity contribution >= 4 is 27.5 Å². The van der Waals surface area contributed by atoms with E-state index in [2.05, 4.69) is 15.9 Å². The summed E-state index contributed by atoms with van der Waals surface area (Å²) in [6.07, 6.45) is 0. The Balaban J connectivity index is 2.19. The molecule has 0 fully saturated rings. The van der Waals surface area contributed by atoms with Crippen molar-refractivity contribution in [3.63, 3.8) is 0 Å². The Labute approximate surface area is 123 Å². The summed E-state index contributed by atoms with van der Waals surface area (Å²) in [5.74, 6) is 0.153. The molecule has 2 aromatic rings. The normalized spacial score (nSPS) is 10.5. The molecule has 2 nitrogen and oxygen atoms in total. The van der Waals surface area contributed by atoms with Gasteiger partial charge in [-0.05, 0) is 34.1 Å². The van der Waals surface area contributed by atoms with Gasteiger partial charge < -0.3 is 9.84 Å². The number of benzene rings is 2. The minimum atomic E-state index is -0.338. The number of hydrogen-bond acceptors (Lipinski definition) is 2. The topological polar surface area (TPSA) is 29.5 Å². The summed E-state index contributed by atoms with van der Waals surface area (Å²) in [7, 11) is 0. The first-order chi connectivity index (χ1) is 9.13. The van der Waals surface area contributed by atoms with Crippen molar-refractivity contribution in [2.75, 3.05) is 0 Å². The molecule has 2 aromatic carbocycles. The van der Waals surface area contributed by atoms with Gasteiger partial charge in [0.25, 0.3) is 0 Å². The predicted molar refractivity (Wildman–Crippen MR) is 75.8 cm³/mol. The largest absolute Gasteiger partial charge is 0.488 e. The first-order valence-corrected chi connectivity index (χ1v) is 6.74. The lowest BCUT2D eigenvalue weighted by Crippen LogP contribution is -2.00. The zero-order chi connectivity index (χ0) is 13.8. The first-order valence-electron chi connectivity index (χ1n) is 5.57. The Kier molecular flexibility index (Phi) is 4.80.